The molecule has 0 radical (unpaired) electrons. The monoisotopic (exact) mass is 285 g/mol. The Hall–Kier alpha value is -0.810. The first-order valence-corrected chi connectivity index (χ1v) is 6.90. The van der Waals surface area contributed by atoms with Gasteiger partial charge in [0.1, 0.15) is 5.75 Å². The van der Waals surface area contributed by atoms with Crippen LogP contribution in [0.4, 0.5) is 0 Å². The number of ether oxygens (including phenoxy) is 2. The molecule has 1 aromatic carbocycles. The van der Waals surface area contributed by atoms with E-state index < -0.39 is 6.10 Å². The average Bonchev–Trinajstić information content (AvgIpc) is 2.82. The summed E-state index contributed by atoms with van der Waals surface area (Å²) in [5.74, 6) is 0.967. The Kier molecular flexibility index (Phi) is 5.45. The number of fused-ring (bicyclic) bond motifs is 1. The van der Waals surface area contributed by atoms with Gasteiger partial charge in [0.2, 0.25) is 0 Å². The normalized spacial score (nSPS) is 15.1. The van der Waals surface area contributed by atoms with Gasteiger partial charge in [-0.25, -0.2) is 0 Å². The van der Waals surface area contributed by atoms with Crippen LogP contribution in [0.15, 0.2) is 12.1 Å². The van der Waals surface area contributed by atoms with Gasteiger partial charge < -0.3 is 19.9 Å². The molecule has 0 bridgehead atoms. The molecule has 0 aromatic heterocycles. The molecule has 106 valence electrons. The summed E-state index contributed by atoms with van der Waals surface area (Å²) in [7, 11) is 1.59. The minimum atomic E-state index is -0.418. The second-order valence-electron chi connectivity index (χ2n) is 4.73. The molecule has 1 unspecified atom stereocenters. The van der Waals surface area contributed by atoms with Gasteiger partial charge in [-0.2, -0.15) is 0 Å². The number of halogens is 1. The molecule has 2 rings (SSSR count). The highest BCUT2D eigenvalue weighted by Gasteiger charge is 2.17. The van der Waals surface area contributed by atoms with Crippen molar-refractivity contribution >= 4 is 11.6 Å². The molecule has 19 heavy (non-hydrogen) atoms. The highest BCUT2D eigenvalue weighted by molar-refractivity contribution is 6.30. The zero-order valence-electron chi connectivity index (χ0n) is 11.1. The maximum Gasteiger partial charge on any atom is 0.127 e. The van der Waals surface area contributed by atoms with E-state index in [4.69, 9.17) is 21.1 Å². The SMILES string of the molecule is COCC(O)CCNCc1cc(Cl)cc2c1OCC2. The molecule has 0 spiro atoms. The van der Waals surface area contributed by atoms with Crippen LogP contribution >= 0.6 is 11.6 Å². The summed E-state index contributed by atoms with van der Waals surface area (Å²) < 4.78 is 10.5. The van der Waals surface area contributed by atoms with E-state index in [1.807, 2.05) is 12.1 Å². The molecule has 0 amide bonds. The van der Waals surface area contributed by atoms with E-state index in [1.165, 1.54) is 5.56 Å². The summed E-state index contributed by atoms with van der Waals surface area (Å²) in [5.41, 5.74) is 2.27. The Balaban J connectivity index is 1.83. The van der Waals surface area contributed by atoms with Crippen molar-refractivity contribution in [2.45, 2.75) is 25.5 Å². The van der Waals surface area contributed by atoms with E-state index in [0.717, 1.165) is 35.9 Å². The molecule has 1 heterocycles. The first kappa shape index (κ1) is 14.6. The molecular formula is C14H20ClNO3. The summed E-state index contributed by atoms with van der Waals surface area (Å²) >= 11 is 6.09. The van der Waals surface area contributed by atoms with Crippen molar-refractivity contribution in [2.75, 3.05) is 26.9 Å². The standard InChI is InChI=1S/C14H20ClNO3/c1-18-9-13(17)2-4-16-8-11-7-12(15)6-10-3-5-19-14(10)11/h6-7,13,16-17H,2-5,8-9H2,1H3. The van der Waals surface area contributed by atoms with E-state index >= 15 is 0 Å². The fourth-order valence-corrected chi connectivity index (χ4v) is 2.51. The molecule has 1 atom stereocenters. The lowest BCUT2D eigenvalue weighted by molar-refractivity contribution is 0.0594. The van der Waals surface area contributed by atoms with E-state index in [9.17, 15) is 5.11 Å². The minimum absolute atomic E-state index is 0.372. The molecule has 0 fully saturated rings. The number of nitrogens with one attached hydrogen (secondary N) is 1. The highest BCUT2D eigenvalue weighted by Crippen LogP contribution is 2.32. The molecule has 0 saturated carbocycles. The van der Waals surface area contributed by atoms with Crippen molar-refractivity contribution in [3.63, 3.8) is 0 Å². The van der Waals surface area contributed by atoms with Crippen molar-refractivity contribution in [3.05, 3.63) is 28.3 Å². The zero-order valence-corrected chi connectivity index (χ0v) is 11.9. The average molecular weight is 286 g/mol. The molecule has 2 N–H and O–H groups in total. The smallest absolute Gasteiger partial charge is 0.127 e. The summed E-state index contributed by atoms with van der Waals surface area (Å²) in [6.45, 7) is 2.53. The van der Waals surface area contributed by atoms with Crippen LogP contribution in [0.3, 0.4) is 0 Å². The third kappa shape index (κ3) is 4.08. The maximum absolute atomic E-state index is 9.53. The second kappa shape index (κ2) is 7.10. The van der Waals surface area contributed by atoms with Crippen LogP contribution in [0.25, 0.3) is 0 Å². The van der Waals surface area contributed by atoms with Gasteiger partial charge in [-0.3, -0.25) is 0 Å². The molecular weight excluding hydrogens is 266 g/mol. The van der Waals surface area contributed by atoms with Gasteiger partial charge in [0.25, 0.3) is 0 Å². The number of rotatable bonds is 7. The Morgan fingerprint density at radius 3 is 3.16 bits per heavy atom. The first-order chi connectivity index (χ1) is 9.20. The van der Waals surface area contributed by atoms with E-state index in [-0.39, 0.29) is 0 Å². The molecule has 1 aliphatic heterocycles. The molecule has 1 aliphatic rings. The van der Waals surface area contributed by atoms with Gasteiger partial charge in [-0.15, -0.1) is 0 Å². The number of hydrogen-bond donors (Lipinski definition) is 2. The molecule has 0 aliphatic carbocycles. The lowest BCUT2D eigenvalue weighted by Gasteiger charge is -2.12. The van der Waals surface area contributed by atoms with Crippen LogP contribution in [0.1, 0.15) is 17.5 Å². The van der Waals surface area contributed by atoms with Gasteiger partial charge >= 0.3 is 0 Å². The van der Waals surface area contributed by atoms with Crippen LogP contribution in [0, 0.1) is 0 Å². The lowest BCUT2D eigenvalue weighted by Crippen LogP contribution is -2.23. The van der Waals surface area contributed by atoms with Crippen molar-refractivity contribution in [3.8, 4) is 5.75 Å². The van der Waals surface area contributed by atoms with Crippen LogP contribution in [-0.2, 0) is 17.7 Å². The van der Waals surface area contributed by atoms with Crippen molar-refractivity contribution in [2.24, 2.45) is 0 Å². The van der Waals surface area contributed by atoms with Crippen molar-refractivity contribution < 1.29 is 14.6 Å². The predicted octanol–water partition coefficient (Wildman–Crippen LogP) is 1.76. The molecule has 5 heteroatoms. The third-order valence-electron chi connectivity index (χ3n) is 3.15. The van der Waals surface area contributed by atoms with Gasteiger partial charge in [-0.1, -0.05) is 11.6 Å². The van der Waals surface area contributed by atoms with E-state index in [2.05, 4.69) is 5.32 Å². The number of benzene rings is 1. The van der Waals surface area contributed by atoms with E-state index in [0.29, 0.717) is 19.6 Å². The van der Waals surface area contributed by atoms with Gasteiger partial charge in [-0.05, 0) is 30.7 Å². The first-order valence-electron chi connectivity index (χ1n) is 6.52. The fourth-order valence-electron chi connectivity index (χ4n) is 2.24. The van der Waals surface area contributed by atoms with Gasteiger partial charge in [0.05, 0.1) is 19.3 Å². The van der Waals surface area contributed by atoms with Gasteiger partial charge in [0.15, 0.2) is 0 Å². The Morgan fingerprint density at radius 2 is 2.37 bits per heavy atom. The second-order valence-corrected chi connectivity index (χ2v) is 5.16. The maximum atomic E-state index is 9.53. The predicted molar refractivity (Wildman–Crippen MR) is 74.9 cm³/mol. The molecule has 0 saturated heterocycles. The van der Waals surface area contributed by atoms with Crippen molar-refractivity contribution in [1.29, 1.82) is 0 Å². The largest absolute Gasteiger partial charge is 0.493 e. The van der Waals surface area contributed by atoms with Crippen LogP contribution < -0.4 is 10.1 Å². The lowest BCUT2D eigenvalue weighted by atomic mass is 10.1. The minimum Gasteiger partial charge on any atom is -0.493 e. The number of methoxy groups -OCH3 is 1. The topological polar surface area (TPSA) is 50.7 Å². The van der Waals surface area contributed by atoms with Gasteiger partial charge in [0, 0.05) is 30.7 Å². The fraction of sp³-hybridized carbons (Fsp3) is 0.571. The molecule has 4 nitrogen and oxygen atoms in total. The third-order valence-corrected chi connectivity index (χ3v) is 3.37. The number of hydrogen-bond acceptors (Lipinski definition) is 4. The zero-order chi connectivity index (χ0) is 13.7. The summed E-state index contributed by atoms with van der Waals surface area (Å²) in [6, 6.07) is 3.90. The van der Waals surface area contributed by atoms with Crippen LogP contribution in [0.2, 0.25) is 5.02 Å². The summed E-state index contributed by atoms with van der Waals surface area (Å²) in [5, 5.41) is 13.6. The molecule has 1 aromatic rings. The Bertz CT molecular complexity index is 425. The van der Waals surface area contributed by atoms with Crippen LogP contribution in [-0.4, -0.2) is 38.1 Å². The summed E-state index contributed by atoms with van der Waals surface area (Å²) in [4.78, 5) is 0. The number of aliphatic hydroxyl groups is 1. The summed E-state index contributed by atoms with van der Waals surface area (Å²) in [6.07, 6.45) is 1.17. The van der Waals surface area contributed by atoms with E-state index in [1.54, 1.807) is 7.11 Å². The Labute approximate surface area is 118 Å². The van der Waals surface area contributed by atoms with Crippen molar-refractivity contribution in [1.82, 2.24) is 5.32 Å². The number of aliphatic hydroxyl groups excluding tert-OH is 1. The Morgan fingerprint density at radius 1 is 1.53 bits per heavy atom. The quantitative estimate of drug-likeness (QED) is 0.750. The van der Waals surface area contributed by atoms with Crippen LogP contribution in [0.5, 0.6) is 5.75 Å². The highest BCUT2D eigenvalue weighted by atomic mass is 35.5.